The summed E-state index contributed by atoms with van der Waals surface area (Å²) < 4.78 is 0. The number of hydrogen-bond donors (Lipinski definition) is 1. The first kappa shape index (κ1) is 8.76. The van der Waals surface area contributed by atoms with Crippen molar-refractivity contribution in [2.24, 2.45) is 17.0 Å². The summed E-state index contributed by atoms with van der Waals surface area (Å²) in [6, 6.07) is 11.0. The highest BCUT2D eigenvalue weighted by Gasteiger charge is 2.54. The van der Waals surface area contributed by atoms with Crippen LogP contribution in [0.4, 0.5) is 0 Å². The van der Waals surface area contributed by atoms with E-state index in [9.17, 15) is 0 Å². The Morgan fingerprint density at radius 1 is 1.25 bits per heavy atom. The molecule has 4 rings (SSSR count). The van der Waals surface area contributed by atoms with E-state index in [1.807, 2.05) is 6.07 Å². The fraction of sp³-hybridized carbons (Fsp3) is 0.462. The lowest BCUT2D eigenvalue weighted by Crippen LogP contribution is -2.43. The van der Waals surface area contributed by atoms with E-state index in [-0.39, 0.29) is 0 Å². The van der Waals surface area contributed by atoms with Gasteiger partial charge in [0, 0.05) is 18.5 Å². The molecule has 82 valence electrons. The third-order valence-electron chi connectivity index (χ3n) is 4.11. The third-order valence-corrected chi connectivity index (χ3v) is 4.11. The van der Waals surface area contributed by atoms with Crippen molar-refractivity contribution in [2.75, 3.05) is 6.54 Å². The van der Waals surface area contributed by atoms with Crippen molar-refractivity contribution in [1.82, 2.24) is 5.32 Å². The number of piperidine rings is 1. The summed E-state index contributed by atoms with van der Waals surface area (Å²) in [4.78, 5) is 5.63. The lowest BCUT2D eigenvalue weighted by Gasteiger charge is -2.24. The molecule has 1 saturated carbocycles. The molecule has 2 bridgehead atoms. The Hall–Kier alpha value is -1.35. The first-order valence-corrected chi connectivity index (χ1v) is 5.96. The van der Waals surface area contributed by atoms with E-state index in [0.29, 0.717) is 24.0 Å². The van der Waals surface area contributed by atoms with Crippen molar-refractivity contribution in [1.29, 1.82) is 0 Å². The molecule has 3 nitrogen and oxygen atoms in total. The molecule has 3 aliphatic rings. The number of oxime groups is 1. The van der Waals surface area contributed by atoms with Gasteiger partial charge in [0.2, 0.25) is 0 Å². The van der Waals surface area contributed by atoms with Gasteiger partial charge in [-0.2, -0.15) is 0 Å². The summed E-state index contributed by atoms with van der Waals surface area (Å²) in [6.07, 6.45) is 1.59. The van der Waals surface area contributed by atoms with Crippen LogP contribution in [0.5, 0.6) is 0 Å². The molecule has 16 heavy (non-hydrogen) atoms. The predicted molar refractivity (Wildman–Crippen MR) is 61.2 cm³/mol. The SMILES string of the molecule is c1ccc(C2=NO[C@H]3[C@@H]4CN[C@@H](C4)[C@@H]23)cc1. The zero-order chi connectivity index (χ0) is 10.5. The van der Waals surface area contributed by atoms with Crippen LogP contribution in [0.25, 0.3) is 0 Å². The second kappa shape index (κ2) is 3.08. The van der Waals surface area contributed by atoms with Crippen molar-refractivity contribution >= 4 is 5.71 Å². The van der Waals surface area contributed by atoms with Crippen molar-refractivity contribution in [3.05, 3.63) is 35.9 Å². The maximum atomic E-state index is 5.63. The van der Waals surface area contributed by atoms with E-state index in [4.69, 9.17) is 4.84 Å². The maximum absolute atomic E-state index is 5.63. The van der Waals surface area contributed by atoms with Crippen LogP contribution >= 0.6 is 0 Å². The minimum absolute atomic E-state index is 0.335. The quantitative estimate of drug-likeness (QED) is 0.766. The first-order chi connectivity index (χ1) is 7.93. The summed E-state index contributed by atoms with van der Waals surface area (Å²) in [5.41, 5.74) is 2.36. The lowest BCUT2D eigenvalue weighted by atomic mass is 9.88. The molecular weight excluding hydrogens is 200 g/mol. The molecule has 2 fully saturated rings. The predicted octanol–water partition coefficient (Wildman–Crippen LogP) is 1.40. The highest BCUT2D eigenvalue weighted by atomic mass is 16.6. The third kappa shape index (κ3) is 1.04. The van der Waals surface area contributed by atoms with Crippen LogP contribution in [-0.4, -0.2) is 24.4 Å². The number of nitrogens with one attached hydrogen (secondary N) is 1. The molecular formula is C13H14N2O. The first-order valence-electron chi connectivity index (χ1n) is 5.96. The van der Waals surface area contributed by atoms with Crippen LogP contribution in [-0.2, 0) is 4.84 Å². The second-order valence-electron chi connectivity index (χ2n) is 4.95. The molecule has 1 aromatic rings. The summed E-state index contributed by atoms with van der Waals surface area (Å²) in [5, 5.41) is 7.87. The van der Waals surface area contributed by atoms with Crippen molar-refractivity contribution < 1.29 is 4.84 Å². The van der Waals surface area contributed by atoms with Crippen LogP contribution < -0.4 is 5.32 Å². The standard InChI is InChI=1S/C13H14N2O/c1-2-4-8(5-3-1)12-11-10-6-9(7-14-10)13(11)16-15-12/h1-5,9-11,13-14H,6-7H2/t9-,10-,11-,13-/m0/s1. The van der Waals surface area contributed by atoms with Gasteiger partial charge in [0.05, 0.1) is 11.6 Å². The molecule has 0 radical (unpaired) electrons. The molecule has 1 N–H and O–H groups in total. The summed E-state index contributed by atoms with van der Waals surface area (Å²) >= 11 is 0. The molecule has 4 atom stereocenters. The average Bonchev–Trinajstić information content (AvgIpc) is 3.03. The van der Waals surface area contributed by atoms with E-state index in [1.165, 1.54) is 12.0 Å². The minimum atomic E-state index is 0.335. The highest BCUT2D eigenvalue weighted by Crippen LogP contribution is 2.43. The molecule has 0 spiro atoms. The smallest absolute Gasteiger partial charge is 0.141 e. The van der Waals surface area contributed by atoms with Gasteiger partial charge in [-0.1, -0.05) is 35.5 Å². The Bertz CT molecular complexity index is 443. The maximum Gasteiger partial charge on any atom is 0.141 e. The van der Waals surface area contributed by atoms with E-state index in [1.54, 1.807) is 0 Å². The Balaban J connectivity index is 1.72. The zero-order valence-electron chi connectivity index (χ0n) is 8.97. The topological polar surface area (TPSA) is 33.6 Å². The van der Waals surface area contributed by atoms with Crippen LogP contribution in [0.15, 0.2) is 35.5 Å². The second-order valence-corrected chi connectivity index (χ2v) is 4.95. The van der Waals surface area contributed by atoms with Crippen LogP contribution in [0.3, 0.4) is 0 Å². The van der Waals surface area contributed by atoms with Crippen molar-refractivity contribution in [3.8, 4) is 0 Å². The average molecular weight is 214 g/mol. The fourth-order valence-corrected chi connectivity index (χ4v) is 3.37. The molecule has 1 saturated heterocycles. The Morgan fingerprint density at radius 3 is 3.00 bits per heavy atom. The van der Waals surface area contributed by atoms with Crippen molar-refractivity contribution in [3.63, 3.8) is 0 Å². The van der Waals surface area contributed by atoms with E-state index >= 15 is 0 Å². The van der Waals surface area contributed by atoms with Gasteiger partial charge in [-0.3, -0.25) is 0 Å². The Morgan fingerprint density at radius 2 is 2.12 bits per heavy atom. The zero-order valence-corrected chi connectivity index (χ0v) is 8.97. The number of hydrogen-bond acceptors (Lipinski definition) is 3. The normalized spacial score (nSPS) is 39.4. The molecule has 0 aromatic heterocycles. The van der Waals surface area contributed by atoms with Gasteiger partial charge >= 0.3 is 0 Å². The van der Waals surface area contributed by atoms with Crippen LogP contribution in [0.2, 0.25) is 0 Å². The molecule has 1 aromatic carbocycles. The largest absolute Gasteiger partial charge is 0.391 e. The number of fused-ring (bicyclic) bond motifs is 5. The summed E-state index contributed by atoms with van der Waals surface area (Å²) in [5.74, 6) is 1.14. The Labute approximate surface area is 94.5 Å². The lowest BCUT2D eigenvalue weighted by molar-refractivity contribution is 0.0328. The van der Waals surface area contributed by atoms with E-state index in [0.717, 1.165) is 12.3 Å². The molecule has 2 heterocycles. The summed E-state index contributed by atoms with van der Waals surface area (Å²) in [7, 11) is 0. The van der Waals surface area contributed by atoms with Gasteiger partial charge in [-0.05, 0) is 12.0 Å². The Kier molecular flexibility index (Phi) is 1.68. The van der Waals surface area contributed by atoms with Crippen molar-refractivity contribution in [2.45, 2.75) is 18.6 Å². The van der Waals surface area contributed by atoms with Crippen LogP contribution in [0.1, 0.15) is 12.0 Å². The van der Waals surface area contributed by atoms with E-state index in [2.05, 4.69) is 34.7 Å². The fourth-order valence-electron chi connectivity index (χ4n) is 3.37. The van der Waals surface area contributed by atoms with Gasteiger partial charge in [0.1, 0.15) is 6.10 Å². The summed E-state index contributed by atoms with van der Waals surface area (Å²) in [6.45, 7) is 1.10. The minimum Gasteiger partial charge on any atom is -0.391 e. The van der Waals surface area contributed by atoms with Gasteiger partial charge in [-0.15, -0.1) is 0 Å². The number of benzene rings is 1. The van der Waals surface area contributed by atoms with Gasteiger partial charge in [0.25, 0.3) is 0 Å². The van der Waals surface area contributed by atoms with Crippen LogP contribution in [0, 0.1) is 11.8 Å². The van der Waals surface area contributed by atoms with Gasteiger partial charge in [0.15, 0.2) is 0 Å². The molecule has 1 aliphatic carbocycles. The number of rotatable bonds is 1. The van der Waals surface area contributed by atoms with Gasteiger partial charge < -0.3 is 10.2 Å². The molecule has 2 aliphatic heterocycles. The van der Waals surface area contributed by atoms with E-state index < -0.39 is 0 Å². The number of nitrogens with zero attached hydrogens (tertiary/aromatic N) is 1. The molecule has 0 amide bonds. The molecule has 3 heteroatoms. The monoisotopic (exact) mass is 214 g/mol. The molecule has 0 unspecified atom stereocenters. The highest BCUT2D eigenvalue weighted by molar-refractivity contribution is 6.03. The van der Waals surface area contributed by atoms with Gasteiger partial charge in [-0.25, -0.2) is 0 Å².